The normalized spacial score (nSPS) is 16.6. The predicted molar refractivity (Wildman–Crippen MR) is 85.8 cm³/mol. The highest BCUT2D eigenvalue weighted by Gasteiger charge is 2.21. The molecule has 0 radical (unpaired) electrons. The molecule has 2 aromatic heterocycles. The van der Waals surface area contributed by atoms with Gasteiger partial charge in [-0.05, 0) is 6.42 Å². The van der Waals surface area contributed by atoms with Crippen molar-refractivity contribution in [2.75, 3.05) is 6.61 Å². The molecule has 19 heteroatoms. The number of imidazole rings is 1. The number of hydrogen-bond donors (Lipinski definition) is 0. The summed E-state index contributed by atoms with van der Waals surface area (Å²) < 4.78 is 46.7. The van der Waals surface area contributed by atoms with Gasteiger partial charge in [-0.25, -0.2) is 14.1 Å². The molecule has 16 nitrogen and oxygen atoms in total. The Kier molecular flexibility index (Phi) is 6.87. The number of fused-ring (bicyclic) bond motifs is 1. The Hall–Kier alpha value is -1.44. The third-order valence-corrected chi connectivity index (χ3v) is 7.11. The first-order valence-corrected chi connectivity index (χ1v) is 11.8. The molecular weight excluding hydrogens is 461 g/mol. The lowest BCUT2D eigenvalue weighted by Crippen LogP contribution is -2.37. The molecule has 0 spiro atoms. The first-order valence-electron chi connectivity index (χ1n) is 7.46. The second kappa shape index (κ2) is 8.36. The van der Waals surface area contributed by atoms with Crippen molar-refractivity contribution >= 4 is 34.6 Å². The molecule has 0 aliphatic heterocycles. The molecule has 0 N–H and O–H groups in total. The first-order chi connectivity index (χ1) is 13.1. The van der Waals surface area contributed by atoms with E-state index in [2.05, 4.69) is 18.1 Å². The van der Waals surface area contributed by atoms with Crippen LogP contribution < -0.4 is 30.8 Å². The van der Waals surface area contributed by atoms with Gasteiger partial charge >= 0.3 is 5.69 Å². The number of nitrogens with zero attached hydrogens (tertiary/aromatic N) is 4. The minimum atomic E-state index is -6.06. The zero-order valence-electron chi connectivity index (χ0n) is 14.7. The van der Waals surface area contributed by atoms with Crippen LogP contribution in [0.4, 0.5) is 0 Å². The van der Waals surface area contributed by atoms with Crippen molar-refractivity contribution in [1.82, 2.24) is 18.7 Å². The van der Waals surface area contributed by atoms with E-state index in [1.165, 1.54) is 25.0 Å². The third-order valence-electron chi connectivity index (χ3n) is 3.41. The van der Waals surface area contributed by atoms with Gasteiger partial charge in [0.25, 0.3) is 21.2 Å². The maximum absolute atomic E-state index is 12.2. The van der Waals surface area contributed by atoms with Crippen LogP contribution in [0.2, 0.25) is 0 Å². The van der Waals surface area contributed by atoms with Crippen LogP contribution in [-0.2, 0) is 47.5 Å². The van der Waals surface area contributed by atoms with E-state index in [1.807, 2.05) is 0 Å². The van der Waals surface area contributed by atoms with Gasteiger partial charge in [0, 0.05) is 20.6 Å². The summed E-state index contributed by atoms with van der Waals surface area (Å²) in [5.74, 6) is 0. The fourth-order valence-corrected chi connectivity index (χ4v) is 5.15. The molecule has 2 aromatic rings. The zero-order valence-corrected chi connectivity index (χ0v) is 17.4. The lowest BCUT2D eigenvalue weighted by atomic mass is 10.4. The van der Waals surface area contributed by atoms with Crippen molar-refractivity contribution in [2.24, 2.45) is 14.1 Å². The zero-order chi connectivity index (χ0) is 22.2. The second-order valence-corrected chi connectivity index (χ2v) is 9.76. The Bertz CT molecular complexity index is 1180. The van der Waals surface area contributed by atoms with Crippen LogP contribution in [0.5, 0.6) is 0 Å². The lowest BCUT2D eigenvalue weighted by Gasteiger charge is -2.37. The Labute approximate surface area is 161 Å². The van der Waals surface area contributed by atoms with Crippen molar-refractivity contribution in [2.45, 2.75) is 13.0 Å². The summed E-state index contributed by atoms with van der Waals surface area (Å²) in [6.45, 7) is -0.662. The second-order valence-electron chi connectivity index (χ2n) is 5.51. The van der Waals surface area contributed by atoms with E-state index in [4.69, 9.17) is 0 Å². The highest BCUT2D eigenvalue weighted by atomic mass is 31.3. The quantitative estimate of drug-likeness (QED) is 0.255. The number of aromatic nitrogens is 4. The maximum Gasteiger partial charge on any atom is 0.332 e. The molecule has 29 heavy (non-hydrogen) atoms. The van der Waals surface area contributed by atoms with Gasteiger partial charge in [0.1, 0.15) is 0 Å². The van der Waals surface area contributed by atoms with Gasteiger partial charge in [-0.15, -0.1) is 0 Å². The van der Waals surface area contributed by atoms with Gasteiger partial charge in [-0.3, -0.25) is 27.4 Å². The van der Waals surface area contributed by atoms with Gasteiger partial charge in [0.2, 0.25) is 0 Å². The smallest absolute Gasteiger partial charge is 0.332 e. The molecule has 2 atom stereocenters. The molecule has 0 saturated heterocycles. The minimum Gasteiger partial charge on any atom is -0.790 e. The van der Waals surface area contributed by atoms with E-state index in [0.29, 0.717) is 0 Å². The summed E-state index contributed by atoms with van der Waals surface area (Å²) in [6.07, 6.45) is 1.14. The van der Waals surface area contributed by atoms with Crippen molar-refractivity contribution in [1.29, 1.82) is 0 Å². The SMILES string of the molecule is Cn1c(=O)c2c(ncn2CCCOP(=O)([O-])OP(=O)([O-])OP(=O)([O-])[O-])n(C)c1=O. The van der Waals surface area contributed by atoms with E-state index in [9.17, 15) is 42.9 Å². The van der Waals surface area contributed by atoms with Gasteiger partial charge in [-0.2, -0.15) is 0 Å². The number of phosphoric acid groups is 3. The molecule has 2 rings (SSSR count). The molecule has 2 unspecified atom stereocenters. The largest absolute Gasteiger partial charge is 0.790 e. The molecule has 0 aliphatic carbocycles. The van der Waals surface area contributed by atoms with Gasteiger partial charge in [0.05, 0.1) is 20.8 Å². The van der Waals surface area contributed by atoms with Crippen LogP contribution in [-0.4, -0.2) is 25.3 Å². The van der Waals surface area contributed by atoms with Gasteiger partial charge in [-0.1, -0.05) is 0 Å². The van der Waals surface area contributed by atoms with E-state index in [-0.39, 0.29) is 24.1 Å². The summed E-state index contributed by atoms with van der Waals surface area (Å²) in [6, 6.07) is 0. The average molecular weight is 474 g/mol. The molecule has 164 valence electrons. The summed E-state index contributed by atoms with van der Waals surface area (Å²) in [4.78, 5) is 70.9. The molecule has 0 fully saturated rings. The van der Waals surface area contributed by atoms with Crippen LogP contribution in [0.3, 0.4) is 0 Å². The van der Waals surface area contributed by atoms with Crippen LogP contribution in [0.1, 0.15) is 6.42 Å². The Morgan fingerprint density at radius 1 is 1.00 bits per heavy atom. The lowest BCUT2D eigenvalue weighted by molar-refractivity contribution is -0.339. The molecule has 0 amide bonds. The van der Waals surface area contributed by atoms with E-state index in [1.54, 1.807) is 0 Å². The number of phosphoric ester groups is 1. The fraction of sp³-hybridized carbons (Fsp3) is 0.500. The summed E-state index contributed by atoms with van der Waals surface area (Å²) in [7, 11) is -15.0. The summed E-state index contributed by atoms with van der Waals surface area (Å²) in [5, 5.41) is 0. The van der Waals surface area contributed by atoms with Crippen molar-refractivity contribution in [3.8, 4) is 0 Å². The highest BCUT2D eigenvalue weighted by Crippen LogP contribution is 2.60. The Balaban J connectivity index is 2.03. The molecular formula is C10H13N4O12P3-4. The number of rotatable bonds is 9. The topological polar surface area (TPSA) is 233 Å². The number of hydrogen-bond acceptors (Lipinski definition) is 13. The van der Waals surface area contributed by atoms with Crippen LogP contribution in [0.25, 0.3) is 11.2 Å². The summed E-state index contributed by atoms with van der Waals surface area (Å²) in [5.41, 5.74) is -1.06. The monoisotopic (exact) mass is 474 g/mol. The van der Waals surface area contributed by atoms with Crippen molar-refractivity contribution in [3.63, 3.8) is 0 Å². The highest BCUT2D eigenvalue weighted by molar-refractivity contribution is 7.64. The Morgan fingerprint density at radius 3 is 2.21 bits per heavy atom. The number of aryl methyl sites for hydroxylation is 2. The van der Waals surface area contributed by atoms with E-state index in [0.717, 1.165) is 9.13 Å². The first kappa shape index (κ1) is 23.8. The van der Waals surface area contributed by atoms with Crippen molar-refractivity contribution < 1.29 is 46.4 Å². The molecule has 0 aliphatic rings. The summed E-state index contributed by atoms with van der Waals surface area (Å²) >= 11 is 0. The molecule has 2 heterocycles. The maximum atomic E-state index is 12.2. The van der Waals surface area contributed by atoms with Gasteiger partial charge in [0.15, 0.2) is 11.2 Å². The van der Waals surface area contributed by atoms with Crippen LogP contribution in [0, 0.1) is 0 Å². The molecule has 0 aromatic carbocycles. The van der Waals surface area contributed by atoms with E-state index < -0.39 is 41.3 Å². The molecule has 0 saturated carbocycles. The van der Waals surface area contributed by atoms with E-state index >= 15 is 0 Å². The average Bonchev–Trinajstić information content (AvgIpc) is 2.95. The van der Waals surface area contributed by atoms with Crippen LogP contribution >= 0.6 is 23.5 Å². The van der Waals surface area contributed by atoms with Crippen LogP contribution in [0.15, 0.2) is 15.9 Å². The third kappa shape index (κ3) is 6.03. The van der Waals surface area contributed by atoms with Gasteiger partial charge < -0.3 is 33.2 Å². The fourth-order valence-electron chi connectivity index (χ4n) is 2.26. The standard InChI is InChI=1S/C10H17N4O12P3/c1-12-8-7(9(15)13(2)10(12)16)14(6-11-8)4-3-5-24-28(20,21)26-29(22,23)25-27(17,18)19/h6H,3-5H2,1-2H3,(H,20,21)(H,22,23)(H2,17,18,19)/p-4. The van der Waals surface area contributed by atoms with Crippen molar-refractivity contribution in [3.05, 3.63) is 27.2 Å². The minimum absolute atomic E-state index is 0.0220. The predicted octanol–water partition coefficient (Wildman–Crippen LogP) is -3.36. The molecule has 0 bridgehead atoms. The Morgan fingerprint density at radius 2 is 1.62 bits per heavy atom.